The number of benzene rings is 1. The third kappa shape index (κ3) is 8.75. The van der Waals surface area contributed by atoms with E-state index < -0.39 is 6.72 Å². The minimum absolute atomic E-state index is 0.342. The van der Waals surface area contributed by atoms with Gasteiger partial charge in [0.1, 0.15) is 12.7 Å². The van der Waals surface area contributed by atoms with Crippen LogP contribution in [0.15, 0.2) is 29.4 Å². The molecular formula is C12H17N2O4PS. The fourth-order valence-electron chi connectivity index (χ4n) is 1.32. The zero-order valence-electron chi connectivity index (χ0n) is 11.2. The van der Waals surface area contributed by atoms with E-state index in [1.165, 1.54) is 0 Å². The van der Waals surface area contributed by atoms with Crippen LogP contribution >= 0.6 is 6.72 Å². The first-order valence-electron chi connectivity index (χ1n) is 5.80. The van der Waals surface area contributed by atoms with Crippen LogP contribution in [0, 0.1) is 11.3 Å². The Balaban J connectivity index is 0.000000621. The Hall–Kier alpha value is -1.29. The summed E-state index contributed by atoms with van der Waals surface area (Å²) >= 11 is 3.60. The summed E-state index contributed by atoms with van der Waals surface area (Å²) < 4.78 is 0. The Kier molecular flexibility index (Phi) is 8.97. The van der Waals surface area contributed by atoms with Crippen LogP contribution in [0.2, 0.25) is 0 Å². The van der Waals surface area contributed by atoms with Gasteiger partial charge in [0.25, 0.3) is 0 Å². The average molecular weight is 316 g/mol. The largest absolute Gasteiger partial charge is 0.395 e. The van der Waals surface area contributed by atoms with Gasteiger partial charge in [0.2, 0.25) is 0 Å². The second-order valence-corrected chi connectivity index (χ2v) is 5.99. The molecule has 1 rings (SSSR count). The van der Waals surface area contributed by atoms with Crippen molar-refractivity contribution in [3.63, 3.8) is 0 Å². The molecule has 3 N–H and O–H groups in total. The van der Waals surface area contributed by atoms with E-state index >= 15 is 0 Å². The van der Waals surface area contributed by atoms with Gasteiger partial charge in [0.15, 0.2) is 5.71 Å². The monoisotopic (exact) mass is 316 g/mol. The second kappa shape index (κ2) is 9.59. The van der Waals surface area contributed by atoms with Crippen molar-refractivity contribution in [2.75, 3.05) is 6.61 Å². The number of aryl methyl sites for hydroxylation is 1. The fraction of sp³-hybridized carbons (Fsp3) is 0.333. The Labute approximate surface area is 123 Å². The topological polar surface area (TPSA) is 106 Å². The Bertz CT molecular complexity index is 528. The van der Waals surface area contributed by atoms with Crippen molar-refractivity contribution in [3.8, 4) is 6.07 Å². The van der Waals surface area contributed by atoms with Crippen LogP contribution in [-0.2, 0) is 23.1 Å². The molecule has 0 amide bonds. The molecular weight excluding hydrogens is 299 g/mol. The summed E-state index contributed by atoms with van der Waals surface area (Å²) in [6.07, 6.45) is 0.878. The van der Waals surface area contributed by atoms with E-state index in [2.05, 4.69) is 30.0 Å². The van der Waals surface area contributed by atoms with E-state index in [0.717, 1.165) is 17.5 Å². The Morgan fingerprint density at radius 3 is 2.35 bits per heavy atom. The highest BCUT2D eigenvalue weighted by Crippen LogP contribution is 2.26. The number of hydrogen-bond donors (Lipinski definition) is 3. The van der Waals surface area contributed by atoms with Gasteiger partial charge >= 0.3 is 6.72 Å². The molecule has 0 aliphatic rings. The fourth-order valence-corrected chi connectivity index (χ4v) is 1.32. The first kappa shape index (κ1) is 18.7. The molecule has 0 atom stereocenters. The number of rotatable bonds is 4. The summed E-state index contributed by atoms with van der Waals surface area (Å²) in [5.74, 6) is 0. The molecule has 0 unspecified atom stereocenters. The number of nitrogens with zero attached hydrogens (tertiary/aromatic N) is 2. The van der Waals surface area contributed by atoms with Crippen LogP contribution in [0.25, 0.3) is 0 Å². The zero-order chi connectivity index (χ0) is 15.6. The maximum atomic E-state index is 8.97. The maximum absolute atomic E-state index is 8.97. The summed E-state index contributed by atoms with van der Waals surface area (Å²) in [5.41, 5.74) is 2.31. The summed E-state index contributed by atoms with van der Waals surface area (Å²) in [6.45, 7) is 0.554. The van der Waals surface area contributed by atoms with Crippen LogP contribution < -0.4 is 0 Å². The normalized spacial score (nSPS) is 11.1. The lowest BCUT2D eigenvalue weighted by atomic mass is 10.0. The van der Waals surface area contributed by atoms with Crippen LogP contribution in [-0.4, -0.2) is 27.0 Å². The molecule has 1 aromatic rings. The van der Waals surface area contributed by atoms with Gasteiger partial charge in [-0.2, -0.15) is 5.26 Å². The van der Waals surface area contributed by atoms with Crippen molar-refractivity contribution in [1.82, 2.24) is 0 Å². The molecule has 0 heterocycles. The highest BCUT2D eigenvalue weighted by atomic mass is 32.5. The minimum atomic E-state index is -3.81. The van der Waals surface area contributed by atoms with Gasteiger partial charge in [0, 0.05) is 5.56 Å². The van der Waals surface area contributed by atoms with Crippen LogP contribution in [0.5, 0.6) is 0 Å². The molecule has 0 bridgehead atoms. The molecule has 0 aliphatic carbocycles. The number of oxime groups is 1. The molecule has 0 saturated heterocycles. The SMILES string of the molecule is CCON=C(C#N)c1ccccc1CC.OP(O)(O)=S. The maximum Gasteiger partial charge on any atom is 0.319 e. The van der Waals surface area contributed by atoms with Gasteiger partial charge in [-0.25, -0.2) is 0 Å². The molecule has 0 radical (unpaired) electrons. The van der Waals surface area contributed by atoms with E-state index in [1.54, 1.807) is 0 Å². The molecule has 0 saturated carbocycles. The highest BCUT2D eigenvalue weighted by molar-refractivity contribution is 8.06. The van der Waals surface area contributed by atoms with Gasteiger partial charge in [-0.3, -0.25) is 0 Å². The molecule has 6 nitrogen and oxygen atoms in total. The summed E-state index contributed by atoms with van der Waals surface area (Å²) in [7, 11) is 0. The summed E-state index contributed by atoms with van der Waals surface area (Å²) in [4.78, 5) is 27.6. The lowest BCUT2D eigenvalue weighted by molar-refractivity contribution is 0.159. The summed E-state index contributed by atoms with van der Waals surface area (Å²) in [6, 6.07) is 9.79. The lowest BCUT2D eigenvalue weighted by Crippen LogP contribution is -2.03. The Morgan fingerprint density at radius 1 is 1.35 bits per heavy atom. The first-order chi connectivity index (χ1) is 9.33. The molecule has 0 fully saturated rings. The van der Waals surface area contributed by atoms with E-state index in [1.807, 2.05) is 31.2 Å². The third-order valence-electron chi connectivity index (χ3n) is 2.04. The van der Waals surface area contributed by atoms with E-state index in [9.17, 15) is 0 Å². The van der Waals surface area contributed by atoms with Crippen LogP contribution in [0.3, 0.4) is 0 Å². The molecule has 20 heavy (non-hydrogen) atoms. The van der Waals surface area contributed by atoms with Gasteiger partial charge in [-0.15, -0.1) is 0 Å². The van der Waals surface area contributed by atoms with Crippen molar-refractivity contribution in [2.24, 2.45) is 5.16 Å². The predicted molar refractivity (Wildman–Crippen MR) is 80.5 cm³/mol. The van der Waals surface area contributed by atoms with E-state index in [4.69, 9.17) is 24.8 Å². The second-order valence-electron chi connectivity index (χ2n) is 3.49. The molecule has 8 heteroatoms. The number of hydrogen-bond acceptors (Lipinski definition) is 4. The van der Waals surface area contributed by atoms with Gasteiger partial charge in [-0.05, 0) is 30.7 Å². The van der Waals surface area contributed by atoms with Gasteiger partial charge < -0.3 is 19.5 Å². The molecule has 1 aromatic carbocycles. The molecule has 0 aromatic heterocycles. The van der Waals surface area contributed by atoms with Crippen molar-refractivity contribution < 1.29 is 19.5 Å². The predicted octanol–water partition coefficient (Wildman–Crippen LogP) is 1.70. The van der Waals surface area contributed by atoms with Gasteiger partial charge in [0.05, 0.1) is 0 Å². The average Bonchev–Trinajstić information content (AvgIpc) is 2.38. The minimum Gasteiger partial charge on any atom is -0.395 e. The van der Waals surface area contributed by atoms with Crippen molar-refractivity contribution in [3.05, 3.63) is 35.4 Å². The highest BCUT2D eigenvalue weighted by Gasteiger charge is 2.07. The molecule has 110 valence electrons. The standard InChI is InChI=1S/C12H14N2O.H3O3PS/c1-3-10-7-5-6-8-11(10)12(9-13)14-15-4-2;1-4(2,3)5/h5-8H,3-4H2,1-2H3;(H3,1,2,3,5). The third-order valence-corrected chi connectivity index (χ3v) is 2.04. The quantitative estimate of drug-likeness (QED) is 0.443. The number of nitriles is 1. The molecule has 0 spiro atoms. The van der Waals surface area contributed by atoms with Gasteiger partial charge in [-0.1, -0.05) is 36.3 Å². The van der Waals surface area contributed by atoms with Crippen LogP contribution in [0.4, 0.5) is 0 Å². The van der Waals surface area contributed by atoms with E-state index in [0.29, 0.717) is 12.3 Å². The van der Waals surface area contributed by atoms with Crippen molar-refractivity contribution in [1.29, 1.82) is 5.26 Å². The van der Waals surface area contributed by atoms with Crippen molar-refractivity contribution >= 4 is 24.2 Å². The Morgan fingerprint density at radius 2 is 1.90 bits per heavy atom. The van der Waals surface area contributed by atoms with E-state index in [-0.39, 0.29) is 0 Å². The van der Waals surface area contributed by atoms with Crippen molar-refractivity contribution in [2.45, 2.75) is 20.3 Å². The summed E-state index contributed by atoms with van der Waals surface area (Å²) in [5, 5.41) is 12.8. The van der Waals surface area contributed by atoms with Crippen LogP contribution in [0.1, 0.15) is 25.0 Å². The smallest absolute Gasteiger partial charge is 0.319 e. The lowest BCUT2D eigenvalue weighted by Gasteiger charge is -2.04. The molecule has 0 aliphatic heterocycles. The zero-order valence-corrected chi connectivity index (χ0v) is 12.9. The first-order valence-corrected chi connectivity index (χ1v) is 8.46.